The van der Waals surface area contributed by atoms with Crippen LogP contribution in [0.15, 0.2) is 36.1 Å². The standard InChI is InChI=1S/C17H24N2O3/c1-3-4-14(16(21)22)6-5-13(2)19-12-17(11-15(19)20)7-9-18-10-8-17/h4-6,18H,2-3,7-12H2,1H3,(H,21,22)/b6-5-,14-4+. The highest BCUT2D eigenvalue weighted by atomic mass is 16.4. The van der Waals surface area contributed by atoms with Crippen molar-refractivity contribution in [2.75, 3.05) is 19.6 Å². The van der Waals surface area contributed by atoms with Gasteiger partial charge in [0.15, 0.2) is 0 Å². The maximum atomic E-state index is 12.3. The molecule has 2 aliphatic rings. The minimum absolute atomic E-state index is 0.0635. The van der Waals surface area contributed by atoms with E-state index in [0.29, 0.717) is 25.1 Å². The lowest BCUT2D eigenvalue weighted by atomic mass is 9.78. The maximum absolute atomic E-state index is 12.3. The van der Waals surface area contributed by atoms with Gasteiger partial charge < -0.3 is 15.3 Å². The SMILES string of the molecule is C=C(/C=C\C(=C/CC)C(=O)O)N1CC2(CCNCC2)CC1=O. The van der Waals surface area contributed by atoms with Crippen LogP contribution >= 0.6 is 0 Å². The Labute approximate surface area is 131 Å². The van der Waals surface area contributed by atoms with E-state index >= 15 is 0 Å². The first-order valence-electron chi connectivity index (χ1n) is 7.79. The number of carboxylic acid groups (broad SMARTS) is 1. The minimum Gasteiger partial charge on any atom is -0.478 e. The van der Waals surface area contributed by atoms with Gasteiger partial charge in [0.25, 0.3) is 0 Å². The summed E-state index contributed by atoms with van der Waals surface area (Å²) >= 11 is 0. The molecular formula is C17H24N2O3. The number of hydrogen-bond donors (Lipinski definition) is 2. The van der Waals surface area contributed by atoms with Crippen LogP contribution < -0.4 is 5.32 Å². The minimum atomic E-state index is -0.964. The number of carbonyl (C=O) groups is 2. The number of carboxylic acids is 1. The summed E-state index contributed by atoms with van der Waals surface area (Å²) in [6.07, 6.45) is 8.02. The van der Waals surface area contributed by atoms with Crippen LogP contribution in [0.1, 0.15) is 32.6 Å². The lowest BCUT2D eigenvalue weighted by Crippen LogP contribution is -2.38. The van der Waals surface area contributed by atoms with Crippen LogP contribution in [0, 0.1) is 5.41 Å². The van der Waals surface area contributed by atoms with Gasteiger partial charge >= 0.3 is 5.97 Å². The number of nitrogens with one attached hydrogen (secondary N) is 1. The fourth-order valence-corrected chi connectivity index (χ4v) is 3.17. The summed E-state index contributed by atoms with van der Waals surface area (Å²) in [5.41, 5.74) is 0.865. The molecule has 2 fully saturated rings. The summed E-state index contributed by atoms with van der Waals surface area (Å²) < 4.78 is 0. The number of hydrogen-bond acceptors (Lipinski definition) is 3. The van der Waals surface area contributed by atoms with E-state index in [9.17, 15) is 9.59 Å². The lowest BCUT2D eigenvalue weighted by Gasteiger charge is -2.33. The van der Waals surface area contributed by atoms with Gasteiger partial charge in [0.1, 0.15) is 0 Å². The molecule has 5 heteroatoms. The Morgan fingerprint density at radius 2 is 2.09 bits per heavy atom. The maximum Gasteiger partial charge on any atom is 0.335 e. The fourth-order valence-electron chi connectivity index (χ4n) is 3.17. The molecule has 2 rings (SSSR count). The van der Waals surface area contributed by atoms with Crippen LogP contribution in [0.2, 0.25) is 0 Å². The van der Waals surface area contributed by atoms with E-state index in [0.717, 1.165) is 25.9 Å². The highest BCUT2D eigenvalue weighted by molar-refractivity contribution is 5.90. The Morgan fingerprint density at radius 3 is 2.68 bits per heavy atom. The molecule has 120 valence electrons. The molecule has 2 N–H and O–H groups in total. The number of likely N-dealkylation sites (tertiary alicyclic amines) is 1. The molecule has 2 aliphatic heterocycles. The molecule has 0 unspecified atom stereocenters. The Morgan fingerprint density at radius 1 is 1.41 bits per heavy atom. The number of nitrogens with zero attached hydrogens (tertiary/aromatic N) is 1. The molecule has 0 aromatic carbocycles. The topological polar surface area (TPSA) is 69.6 Å². The van der Waals surface area contributed by atoms with E-state index in [-0.39, 0.29) is 16.9 Å². The van der Waals surface area contributed by atoms with Crippen molar-refractivity contribution < 1.29 is 14.7 Å². The molecule has 2 heterocycles. The molecule has 0 aromatic heterocycles. The van der Waals surface area contributed by atoms with Crippen LogP contribution in [0.25, 0.3) is 0 Å². The number of rotatable bonds is 5. The van der Waals surface area contributed by atoms with E-state index < -0.39 is 5.97 Å². The summed E-state index contributed by atoms with van der Waals surface area (Å²) in [6.45, 7) is 8.42. The van der Waals surface area contributed by atoms with Gasteiger partial charge in [-0.1, -0.05) is 19.6 Å². The smallest absolute Gasteiger partial charge is 0.335 e. The number of allylic oxidation sites excluding steroid dienone is 2. The fraction of sp³-hybridized carbons (Fsp3) is 0.529. The van der Waals surface area contributed by atoms with Gasteiger partial charge in [0.2, 0.25) is 5.91 Å². The zero-order chi connectivity index (χ0) is 16.2. The van der Waals surface area contributed by atoms with Gasteiger partial charge in [-0.25, -0.2) is 4.79 Å². The summed E-state index contributed by atoms with van der Waals surface area (Å²) in [4.78, 5) is 25.1. The third-order valence-corrected chi connectivity index (χ3v) is 4.46. The first-order valence-corrected chi connectivity index (χ1v) is 7.79. The second-order valence-corrected chi connectivity index (χ2v) is 6.10. The first kappa shape index (κ1) is 16.5. The molecule has 0 aromatic rings. The van der Waals surface area contributed by atoms with Crippen LogP contribution in [0.5, 0.6) is 0 Å². The van der Waals surface area contributed by atoms with Crippen molar-refractivity contribution in [3.8, 4) is 0 Å². The van der Waals surface area contributed by atoms with Crippen molar-refractivity contribution >= 4 is 11.9 Å². The highest BCUT2D eigenvalue weighted by Gasteiger charge is 2.43. The number of aliphatic carboxylic acids is 1. The zero-order valence-electron chi connectivity index (χ0n) is 13.1. The Hall–Kier alpha value is -1.88. The quantitative estimate of drug-likeness (QED) is 0.603. The van der Waals surface area contributed by atoms with Gasteiger partial charge in [-0.05, 0) is 49.9 Å². The predicted octanol–water partition coefficient (Wildman–Crippen LogP) is 2.08. The van der Waals surface area contributed by atoms with Gasteiger partial charge in [0.05, 0.1) is 5.57 Å². The molecule has 0 saturated carbocycles. The molecule has 1 spiro atoms. The molecule has 22 heavy (non-hydrogen) atoms. The van der Waals surface area contributed by atoms with Crippen molar-refractivity contribution in [1.82, 2.24) is 10.2 Å². The average Bonchev–Trinajstić information content (AvgIpc) is 2.80. The Kier molecular flexibility index (Phi) is 5.19. The monoisotopic (exact) mass is 304 g/mol. The van der Waals surface area contributed by atoms with Crippen LogP contribution in [-0.2, 0) is 9.59 Å². The molecule has 0 aliphatic carbocycles. The van der Waals surface area contributed by atoms with Crippen molar-refractivity contribution in [2.24, 2.45) is 5.41 Å². The van der Waals surface area contributed by atoms with Crippen LogP contribution in [0.4, 0.5) is 0 Å². The summed E-state index contributed by atoms with van der Waals surface area (Å²) in [6, 6.07) is 0. The number of piperidine rings is 1. The largest absolute Gasteiger partial charge is 0.478 e. The summed E-state index contributed by atoms with van der Waals surface area (Å²) in [5.74, 6) is -0.874. The van der Waals surface area contributed by atoms with Crippen LogP contribution in [0.3, 0.4) is 0 Å². The number of amides is 1. The molecule has 0 atom stereocenters. The highest BCUT2D eigenvalue weighted by Crippen LogP contribution is 2.40. The molecule has 5 nitrogen and oxygen atoms in total. The molecule has 1 amide bonds. The summed E-state index contributed by atoms with van der Waals surface area (Å²) in [5, 5.41) is 12.4. The van der Waals surface area contributed by atoms with E-state index in [1.807, 2.05) is 6.92 Å². The summed E-state index contributed by atoms with van der Waals surface area (Å²) in [7, 11) is 0. The van der Waals surface area contributed by atoms with E-state index in [2.05, 4.69) is 11.9 Å². The Bertz CT molecular complexity index is 528. The van der Waals surface area contributed by atoms with Crippen molar-refractivity contribution in [2.45, 2.75) is 32.6 Å². The van der Waals surface area contributed by atoms with Crippen molar-refractivity contribution in [1.29, 1.82) is 0 Å². The second kappa shape index (κ2) is 6.92. The second-order valence-electron chi connectivity index (χ2n) is 6.10. The average molecular weight is 304 g/mol. The van der Waals surface area contributed by atoms with Gasteiger partial charge in [0, 0.05) is 18.7 Å². The van der Waals surface area contributed by atoms with E-state index in [1.165, 1.54) is 6.08 Å². The first-order chi connectivity index (χ1) is 10.5. The molecule has 0 radical (unpaired) electrons. The third kappa shape index (κ3) is 3.65. The van der Waals surface area contributed by atoms with Gasteiger partial charge in [-0.2, -0.15) is 0 Å². The zero-order valence-corrected chi connectivity index (χ0v) is 13.1. The van der Waals surface area contributed by atoms with Gasteiger partial charge in [-0.15, -0.1) is 0 Å². The molecular weight excluding hydrogens is 280 g/mol. The van der Waals surface area contributed by atoms with Crippen molar-refractivity contribution in [3.05, 3.63) is 36.1 Å². The van der Waals surface area contributed by atoms with Crippen LogP contribution in [-0.4, -0.2) is 41.5 Å². The normalized spacial score (nSPS) is 21.8. The van der Waals surface area contributed by atoms with Crippen molar-refractivity contribution in [3.63, 3.8) is 0 Å². The third-order valence-electron chi connectivity index (χ3n) is 4.46. The number of carbonyl (C=O) groups excluding carboxylic acids is 1. The Balaban J connectivity index is 2.05. The molecule has 2 saturated heterocycles. The molecule has 0 bridgehead atoms. The van der Waals surface area contributed by atoms with Gasteiger partial charge in [-0.3, -0.25) is 4.79 Å². The predicted molar refractivity (Wildman–Crippen MR) is 85.2 cm³/mol. The lowest BCUT2D eigenvalue weighted by molar-refractivity contribution is -0.132. The van der Waals surface area contributed by atoms with E-state index in [1.54, 1.807) is 17.1 Å². The van der Waals surface area contributed by atoms with E-state index in [4.69, 9.17) is 5.11 Å².